The number of aliphatic hydroxyl groups excluding tert-OH is 1. The predicted molar refractivity (Wildman–Crippen MR) is 125 cm³/mol. The first-order valence-corrected chi connectivity index (χ1v) is 11.3. The fourth-order valence-corrected chi connectivity index (χ4v) is 4.85. The van der Waals surface area contributed by atoms with Gasteiger partial charge in [-0.2, -0.15) is 0 Å². The second-order valence-corrected chi connectivity index (χ2v) is 9.65. The molecule has 0 saturated heterocycles. The van der Waals surface area contributed by atoms with Crippen molar-refractivity contribution in [3.8, 4) is 0 Å². The van der Waals surface area contributed by atoms with Gasteiger partial charge in [-0.25, -0.2) is 0 Å². The molecule has 3 rings (SSSR count). The van der Waals surface area contributed by atoms with Crippen molar-refractivity contribution in [1.29, 1.82) is 0 Å². The van der Waals surface area contributed by atoms with E-state index in [1.807, 2.05) is 25.2 Å². The fourth-order valence-electron chi connectivity index (χ4n) is 4.85. The molecule has 1 aliphatic carbocycles. The number of aliphatic hydroxyl groups is 2. The van der Waals surface area contributed by atoms with Crippen LogP contribution in [0.25, 0.3) is 0 Å². The first kappa shape index (κ1) is 23.9. The van der Waals surface area contributed by atoms with Crippen LogP contribution in [0.3, 0.4) is 0 Å². The summed E-state index contributed by atoms with van der Waals surface area (Å²) < 4.78 is 13.0. The van der Waals surface area contributed by atoms with Crippen molar-refractivity contribution in [2.75, 3.05) is 6.61 Å². The van der Waals surface area contributed by atoms with Gasteiger partial charge in [0.1, 0.15) is 5.60 Å². The Bertz CT molecular complexity index is 854. The summed E-state index contributed by atoms with van der Waals surface area (Å²) in [5.74, 6) is -1.11. The largest absolute Gasteiger partial charge is 0.392 e. The van der Waals surface area contributed by atoms with Crippen LogP contribution in [-0.2, 0) is 9.47 Å². The summed E-state index contributed by atoms with van der Waals surface area (Å²) in [5.41, 5.74) is 4.43. The van der Waals surface area contributed by atoms with Gasteiger partial charge in [-0.1, -0.05) is 47.6 Å². The second kappa shape index (κ2) is 9.41. The van der Waals surface area contributed by atoms with E-state index in [1.165, 1.54) is 16.7 Å². The van der Waals surface area contributed by atoms with Gasteiger partial charge in [0.05, 0.1) is 18.8 Å². The summed E-state index contributed by atoms with van der Waals surface area (Å²) >= 11 is 0. The minimum absolute atomic E-state index is 0.0804. The number of rotatable bonds is 6. The Morgan fingerprint density at radius 3 is 2.61 bits per heavy atom. The third-order valence-corrected chi connectivity index (χ3v) is 6.60. The van der Waals surface area contributed by atoms with E-state index < -0.39 is 11.4 Å². The molecule has 2 aliphatic heterocycles. The molecule has 4 nitrogen and oxygen atoms in total. The predicted octanol–water partition coefficient (Wildman–Crippen LogP) is 5.31. The van der Waals surface area contributed by atoms with Crippen molar-refractivity contribution in [3.63, 3.8) is 0 Å². The number of fused-ring (bicyclic) bond motifs is 1. The Hall–Kier alpha value is -1.72. The summed E-state index contributed by atoms with van der Waals surface area (Å²) in [5, 5.41) is 21.0. The van der Waals surface area contributed by atoms with Crippen molar-refractivity contribution in [2.45, 2.75) is 83.9 Å². The SMILES string of the molecule is C=C[C@@]1(O)C[C@@H]2C(CO)=C[C@]3(C=C(C)C[C@@H](C=C(C)CCC=C(C)C)O3)O[C@@H]2C=C1C. The van der Waals surface area contributed by atoms with Gasteiger partial charge in [0, 0.05) is 5.92 Å². The van der Waals surface area contributed by atoms with Crippen molar-refractivity contribution in [3.05, 3.63) is 70.9 Å². The van der Waals surface area contributed by atoms with Crippen LogP contribution in [0, 0.1) is 5.92 Å². The summed E-state index contributed by atoms with van der Waals surface area (Å²) in [6.45, 7) is 14.1. The van der Waals surface area contributed by atoms with E-state index in [0.29, 0.717) is 6.42 Å². The summed E-state index contributed by atoms with van der Waals surface area (Å²) in [4.78, 5) is 0. The maximum Gasteiger partial charge on any atom is 0.209 e. The molecule has 3 aliphatic rings. The summed E-state index contributed by atoms with van der Waals surface area (Å²) in [7, 11) is 0. The van der Waals surface area contributed by atoms with E-state index in [0.717, 1.165) is 30.4 Å². The van der Waals surface area contributed by atoms with Gasteiger partial charge in [-0.15, -0.1) is 0 Å². The Balaban J connectivity index is 1.86. The van der Waals surface area contributed by atoms with Crippen LogP contribution in [-0.4, -0.2) is 40.4 Å². The van der Waals surface area contributed by atoms with E-state index in [-0.39, 0.29) is 24.7 Å². The highest BCUT2D eigenvalue weighted by atomic mass is 16.7. The average Bonchev–Trinajstić information content (AvgIpc) is 2.68. The van der Waals surface area contributed by atoms with Gasteiger partial charge < -0.3 is 19.7 Å². The highest BCUT2D eigenvalue weighted by Crippen LogP contribution is 2.45. The third kappa shape index (κ3) is 5.38. The van der Waals surface area contributed by atoms with Gasteiger partial charge in [0.25, 0.3) is 0 Å². The van der Waals surface area contributed by atoms with Crippen molar-refractivity contribution in [1.82, 2.24) is 0 Å². The Kier molecular flexibility index (Phi) is 7.27. The van der Waals surface area contributed by atoms with E-state index >= 15 is 0 Å². The Morgan fingerprint density at radius 1 is 1.23 bits per heavy atom. The molecule has 0 radical (unpaired) electrons. The maximum absolute atomic E-state index is 10.9. The van der Waals surface area contributed by atoms with Gasteiger partial charge in [0.2, 0.25) is 5.79 Å². The minimum atomic E-state index is -1.07. The molecule has 0 aromatic heterocycles. The van der Waals surface area contributed by atoms with E-state index in [2.05, 4.69) is 46.4 Å². The van der Waals surface area contributed by atoms with Crippen LogP contribution in [0.15, 0.2) is 70.9 Å². The molecule has 170 valence electrons. The first-order chi connectivity index (χ1) is 14.6. The zero-order chi connectivity index (χ0) is 22.8. The molecule has 0 amide bonds. The lowest BCUT2D eigenvalue weighted by Gasteiger charge is -2.48. The van der Waals surface area contributed by atoms with Crippen LogP contribution in [0.2, 0.25) is 0 Å². The summed E-state index contributed by atoms with van der Waals surface area (Å²) in [6.07, 6.45) is 14.9. The molecule has 0 bridgehead atoms. The quantitative estimate of drug-likeness (QED) is 0.565. The topological polar surface area (TPSA) is 58.9 Å². The number of ether oxygens (including phenoxy) is 2. The molecule has 4 heteroatoms. The summed E-state index contributed by atoms with van der Waals surface area (Å²) in [6, 6.07) is 0. The van der Waals surface area contributed by atoms with Crippen LogP contribution < -0.4 is 0 Å². The smallest absolute Gasteiger partial charge is 0.209 e. The monoisotopic (exact) mass is 426 g/mol. The van der Waals surface area contributed by atoms with E-state index in [9.17, 15) is 10.2 Å². The highest BCUT2D eigenvalue weighted by Gasteiger charge is 2.48. The molecule has 2 N–H and O–H groups in total. The van der Waals surface area contributed by atoms with Crippen molar-refractivity contribution < 1.29 is 19.7 Å². The molecule has 0 fully saturated rings. The number of hydrogen-bond acceptors (Lipinski definition) is 4. The lowest BCUT2D eigenvalue weighted by Crippen LogP contribution is -2.51. The number of hydrogen-bond donors (Lipinski definition) is 2. The van der Waals surface area contributed by atoms with Crippen LogP contribution in [0.1, 0.15) is 60.3 Å². The lowest BCUT2D eigenvalue weighted by atomic mass is 9.72. The zero-order valence-corrected chi connectivity index (χ0v) is 19.6. The lowest BCUT2D eigenvalue weighted by molar-refractivity contribution is -0.227. The fraction of sp³-hybridized carbons (Fsp3) is 0.556. The molecule has 0 aromatic rings. The van der Waals surface area contributed by atoms with E-state index in [1.54, 1.807) is 6.08 Å². The zero-order valence-electron chi connectivity index (χ0n) is 19.6. The highest BCUT2D eigenvalue weighted by molar-refractivity contribution is 5.36. The maximum atomic E-state index is 10.9. The second-order valence-electron chi connectivity index (χ2n) is 9.65. The van der Waals surface area contributed by atoms with E-state index in [4.69, 9.17) is 9.47 Å². The van der Waals surface area contributed by atoms with Gasteiger partial charge in [0.15, 0.2) is 0 Å². The van der Waals surface area contributed by atoms with Crippen LogP contribution >= 0.6 is 0 Å². The molecule has 0 saturated carbocycles. The van der Waals surface area contributed by atoms with Crippen molar-refractivity contribution in [2.24, 2.45) is 5.92 Å². The Labute approximate surface area is 187 Å². The molecular formula is C27H38O4. The number of allylic oxidation sites excluding steroid dienone is 3. The molecular weight excluding hydrogens is 388 g/mol. The Morgan fingerprint density at radius 2 is 1.97 bits per heavy atom. The van der Waals surface area contributed by atoms with Gasteiger partial charge in [-0.3, -0.25) is 0 Å². The van der Waals surface area contributed by atoms with Gasteiger partial charge in [-0.05, 0) is 83.6 Å². The minimum Gasteiger partial charge on any atom is -0.392 e. The molecule has 31 heavy (non-hydrogen) atoms. The standard InChI is InChI=1S/C27H38O4/c1-7-26(29)16-24-22(17-28)15-27(31-25(24)13-21(26)6)14-20(5)12-23(30-27)11-19(4)10-8-9-18(2)3/h7,9,11,13-15,23-25,28-29H,1,8,10,12,16-17H2,2-6H3/t23-,24-,25-,26-,27+/m1/s1. The van der Waals surface area contributed by atoms with Crippen LogP contribution in [0.5, 0.6) is 0 Å². The first-order valence-electron chi connectivity index (χ1n) is 11.3. The third-order valence-electron chi connectivity index (χ3n) is 6.60. The molecule has 1 spiro atoms. The van der Waals surface area contributed by atoms with Gasteiger partial charge >= 0.3 is 0 Å². The normalized spacial score (nSPS) is 35.6. The molecule has 2 heterocycles. The molecule has 0 aromatic carbocycles. The average molecular weight is 427 g/mol. The molecule has 5 atom stereocenters. The van der Waals surface area contributed by atoms with Crippen LogP contribution in [0.4, 0.5) is 0 Å². The molecule has 0 unspecified atom stereocenters. The van der Waals surface area contributed by atoms with Crippen molar-refractivity contribution >= 4 is 0 Å².